The summed E-state index contributed by atoms with van der Waals surface area (Å²) in [6.07, 6.45) is 0. The van der Waals surface area contributed by atoms with Gasteiger partial charge in [0, 0.05) is 17.2 Å². The predicted octanol–water partition coefficient (Wildman–Crippen LogP) is 2.77. The molecule has 0 aliphatic heterocycles. The molecule has 21 heavy (non-hydrogen) atoms. The second-order valence-corrected chi connectivity index (χ2v) is 4.57. The first-order chi connectivity index (χ1) is 9.99. The van der Waals surface area contributed by atoms with Gasteiger partial charge >= 0.3 is 0 Å². The number of aryl methyl sites for hydroxylation is 1. The van der Waals surface area contributed by atoms with Crippen LogP contribution in [0.4, 0.5) is 5.69 Å². The van der Waals surface area contributed by atoms with E-state index in [1.54, 1.807) is 18.2 Å². The highest BCUT2D eigenvalue weighted by Crippen LogP contribution is 2.25. The van der Waals surface area contributed by atoms with Crippen LogP contribution in [0.3, 0.4) is 0 Å². The minimum atomic E-state index is -0.462. The van der Waals surface area contributed by atoms with E-state index in [9.17, 15) is 10.1 Å². The Labute approximate surface area is 121 Å². The number of non-ortho nitro benzene ring substituents is 1. The molecule has 0 fully saturated rings. The van der Waals surface area contributed by atoms with Gasteiger partial charge in [0.15, 0.2) is 0 Å². The third-order valence-electron chi connectivity index (χ3n) is 3.07. The van der Waals surface area contributed by atoms with Gasteiger partial charge in [0.25, 0.3) is 5.69 Å². The summed E-state index contributed by atoms with van der Waals surface area (Å²) in [4.78, 5) is 10.3. The number of nitrogens with two attached hydrogens (primary N) is 1. The van der Waals surface area contributed by atoms with E-state index < -0.39 is 4.92 Å². The molecule has 0 atom stereocenters. The molecule has 0 radical (unpaired) electrons. The van der Waals surface area contributed by atoms with E-state index in [4.69, 9.17) is 15.9 Å². The Morgan fingerprint density at radius 3 is 2.71 bits per heavy atom. The molecule has 2 aromatic rings. The van der Waals surface area contributed by atoms with Crippen molar-refractivity contribution in [2.24, 2.45) is 5.73 Å². The molecule has 0 aliphatic carbocycles. The van der Waals surface area contributed by atoms with Crippen molar-refractivity contribution < 1.29 is 9.66 Å². The van der Waals surface area contributed by atoms with E-state index in [-0.39, 0.29) is 18.1 Å². The lowest BCUT2D eigenvalue weighted by Crippen LogP contribution is -2.14. The summed E-state index contributed by atoms with van der Waals surface area (Å²) in [5, 5.41) is 18.3. The average Bonchev–Trinajstić information content (AvgIpc) is 2.46. The molecule has 0 aliphatic rings. The van der Waals surface area contributed by atoms with E-state index >= 15 is 0 Å². The summed E-state index contributed by atoms with van der Waals surface area (Å²) >= 11 is 0. The fourth-order valence-corrected chi connectivity index (χ4v) is 1.92. The van der Waals surface area contributed by atoms with Gasteiger partial charge < -0.3 is 10.5 Å². The molecule has 0 unspecified atom stereocenters. The van der Waals surface area contributed by atoms with Crippen LogP contribution in [-0.4, -0.2) is 10.8 Å². The molecular formula is C15H15N3O3. The third-order valence-corrected chi connectivity index (χ3v) is 3.07. The smallest absolute Gasteiger partial charge is 0.273 e. The Kier molecular flexibility index (Phi) is 4.18. The van der Waals surface area contributed by atoms with Crippen LogP contribution in [0, 0.1) is 22.4 Å². The molecule has 6 nitrogen and oxygen atoms in total. The highest BCUT2D eigenvalue weighted by Gasteiger charge is 2.11. The van der Waals surface area contributed by atoms with Gasteiger partial charge in [-0.15, -0.1) is 0 Å². The third kappa shape index (κ3) is 3.36. The normalized spacial score (nSPS) is 10.1. The summed E-state index contributed by atoms with van der Waals surface area (Å²) in [5.41, 5.74) is 7.66. The van der Waals surface area contributed by atoms with Crippen LogP contribution in [0.5, 0.6) is 5.75 Å². The van der Waals surface area contributed by atoms with Gasteiger partial charge in [-0.3, -0.25) is 15.5 Å². The number of nitrogens with one attached hydrogen (secondary N) is 1. The number of hydrogen-bond donors (Lipinski definition) is 2. The second kappa shape index (κ2) is 6.04. The van der Waals surface area contributed by atoms with Gasteiger partial charge in [0.1, 0.15) is 18.2 Å². The molecule has 6 heteroatoms. The molecule has 0 saturated carbocycles. The maximum Gasteiger partial charge on any atom is 0.273 e. The summed E-state index contributed by atoms with van der Waals surface area (Å²) in [6, 6.07) is 11.6. The van der Waals surface area contributed by atoms with Crippen molar-refractivity contribution in [2.75, 3.05) is 0 Å². The van der Waals surface area contributed by atoms with Gasteiger partial charge in [0.05, 0.1) is 11.0 Å². The van der Waals surface area contributed by atoms with Crippen LogP contribution in [0.25, 0.3) is 0 Å². The molecule has 0 spiro atoms. The number of ether oxygens (including phenoxy) is 1. The monoisotopic (exact) mass is 285 g/mol. The van der Waals surface area contributed by atoms with E-state index in [1.807, 2.05) is 19.1 Å². The minimum absolute atomic E-state index is 0.0181. The largest absolute Gasteiger partial charge is 0.488 e. The Hall–Kier alpha value is -2.89. The molecule has 2 aromatic carbocycles. The SMILES string of the molecule is Cc1ccc([N+](=O)[O-])cc1OCc1ccccc1C(=N)N. The molecular weight excluding hydrogens is 270 g/mol. The molecule has 0 aromatic heterocycles. The number of benzene rings is 2. The summed E-state index contributed by atoms with van der Waals surface area (Å²) < 4.78 is 5.65. The standard InChI is InChI=1S/C15H15N3O3/c1-10-6-7-12(18(19)20)8-14(10)21-9-11-4-2-3-5-13(11)15(16)17/h2-8H,9H2,1H3,(H3,16,17). The van der Waals surface area contributed by atoms with Crippen LogP contribution >= 0.6 is 0 Å². The molecule has 0 heterocycles. The lowest BCUT2D eigenvalue weighted by molar-refractivity contribution is -0.385. The first-order valence-corrected chi connectivity index (χ1v) is 6.29. The highest BCUT2D eigenvalue weighted by molar-refractivity contribution is 5.96. The minimum Gasteiger partial charge on any atom is -0.488 e. The average molecular weight is 285 g/mol. The Bertz CT molecular complexity index is 698. The Morgan fingerprint density at radius 2 is 2.05 bits per heavy atom. The van der Waals surface area contributed by atoms with Gasteiger partial charge in [-0.1, -0.05) is 24.3 Å². The lowest BCUT2D eigenvalue weighted by atomic mass is 10.1. The van der Waals surface area contributed by atoms with E-state index in [0.717, 1.165) is 11.1 Å². The second-order valence-electron chi connectivity index (χ2n) is 4.57. The summed E-state index contributed by atoms with van der Waals surface area (Å²) in [7, 11) is 0. The van der Waals surface area contributed by atoms with Crippen molar-refractivity contribution in [1.82, 2.24) is 0 Å². The van der Waals surface area contributed by atoms with Crippen LogP contribution in [0.2, 0.25) is 0 Å². The maximum absolute atomic E-state index is 10.8. The molecule has 0 saturated heterocycles. The van der Waals surface area contributed by atoms with Crippen molar-refractivity contribution in [3.63, 3.8) is 0 Å². The topological polar surface area (TPSA) is 102 Å². The highest BCUT2D eigenvalue weighted by atomic mass is 16.6. The Balaban J connectivity index is 2.22. The van der Waals surface area contributed by atoms with Gasteiger partial charge in [-0.2, -0.15) is 0 Å². The quantitative estimate of drug-likeness (QED) is 0.381. The van der Waals surface area contributed by atoms with Gasteiger partial charge in [-0.25, -0.2) is 0 Å². The van der Waals surface area contributed by atoms with Crippen LogP contribution in [0.1, 0.15) is 16.7 Å². The fraction of sp³-hybridized carbons (Fsp3) is 0.133. The summed E-state index contributed by atoms with van der Waals surface area (Å²) in [6.45, 7) is 2.01. The number of nitro groups is 1. The van der Waals surface area contributed by atoms with Crippen LogP contribution in [-0.2, 0) is 6.61 Å². The molecule has 2 rings (SSSR count). The number of nitrogen functional groups attached to an aromatic ring is 1. The van der Waals surface area contributed by atoms with Crippen molar-refractivity contribution in [3.8, 4) is 5.75 Å². The van der Waals surface area contributed by atoms with Crippen molar-refractivity contribution in [1.29, 1.82) is 5.41 Å². The first kappa shape index (κ1) is 14.5. The number of nitro benzene ring substituents is 1. The van der Waals surface area contributed by atoms with Crippen molar-refractivity contribution >= 4 is 11.5 Å². The van der Waals surface area contributed by atoms with Crippen molar-refractivity contribution in [3.05, 3.63) is 69.3 Å². The molecule has 3 N–H and O–H groups in total. The molecule has 0 bridgehead atoms. The van der Waals surface area contributed by atoms with E-state index in [1.165, 1.54) is 12.1 Å². The van der Waals surface area contributed by atoms with Crippen LogP contribution in [0.15, 0.2) is 42.5 Å². The zero-order chi connectivity index (χ0) is 15.4. The zero-order valence-corrected chi connectivity index (χ0v) is 11.5. The van der Waals surface area contributed by atoms with E-state index in [2.05, 4.69) is 0 Å². The lowest BCUT2D eigenvalue weighted by Gasteiger charge is -2.11. The molecule has 108 valence electrons. The van der Waals surface area contributed by atoms with Crippen molar-refractivity contribution in [2.45, 2.75) is 13.5 Å². The molecule has 0 amide bonds. The number of rotatable bonds is 5. The van der Waals surface area contributed by atoms with Crippen LogP contribution < -0.4 is 10.5 Å². The predicted molar refractivity (Wildman–Crippen MR) is 79.6 cm³/mol. The zero-order valence-electron chi connectivity index (χ0n) is 11.5. The van der Waals surface area contributed by atoms with E-state index in [0.29, 0.717) is 11.3 Å². The van der Waals surface area contributed by atoms with Gasteiger partial charge in [0.2, 0.25) is 0 Å². The number of hydrogen-bond acceptors (Lipinski definition) is 4. The Morgan fingerprint density at radius 1 is 1.33 bits per heavy atom. The first-order valence-electron chi connectivity index (χ1n) is 6.29. The van der Waals surface area contributed by atoms with Gasteiger partial charge in [-0.05, 0) is 18.6 Å². The fourth-order valence-electron chi connectivity index (χ4n) is 1.92. The number of amidine groups is 1. The maximum atomic E-state index is 10.8. The number of nitrogens with zero attached hydrogens (tertiary/aromatic N) is 1. The summed E-state index contributed by atoms with van der Waals surface area (Å²) in [5.74, 6) is 0.410.